The maximum Gasteiger partial charge on any atom is 0.339 e. The Kier molecular flexibility index (Phi) is 40.4. The van der Waals surface area contributed by atoms with Crippen molar-refractivity contribution in [2.75, 3.05) is 51.0 Å². The average molecular weight is 2150 g/mol. The van der Waals surface area contributed by atoms with Gasteiger partial charge in [0, 0.05) is 115 Å². The van der Waals surface area contributed by atoms with Gasteiger partial charge in [0.05, 0.1) is 118 Å². The number of carboxylic acids is 6. The number of carbonyl (C=O) groups excluding carboxylic acids is 8. The number of aromatic carboxylic acids is 6. The predicted octanol–water partition coefficient (Wildman–Crippen LogP) is 23.0. The Morgan fingerprint density at radius 1 is 0.349 bits per heavy atom. The summed E-state index contributed by atoms with van der Waals surface area (Å²) in [6.07, 6.45) is 0.250. The van der Waals surface area contributed by atoms with Crippen LogP contribution in [0.2, 0.25) is 0 Å². The first-order chi connectivity index (χ1) is 70.9. The standard InChI is InChI=1S/C16H13NO5S.C16H13NO3S.C15H11NO3S.C15H10O3S.C14H9NO6S.C14H11NO4S.C8H6FNO3.C8H8O2S/c1-10(18)11-7-8-15(13(9-11)17(20)21)23-14-6-4-3-5-12(14)16(19)22-2;1-17-12-9-10(16(19)20-2)7-8-14(12)21-13-6-4-3-5-11(13)15(17)18;1-16-11-8-9(15(18)19)6-7-13(11)20-12-5-3-2-4-10(12)14(16)17;16-12-8-10-7-9(15(17)18)5-6-13(10)19-14-4-2-1-3-11(12)14;16-13(17)8-5-6-12(10(7-8)15(20)21)22-11-4-2-1-3-9(11)14(18)19;15-10-7-8(13(16)17)5-6-12(10)20-11-4-2-1-3-9(11)14(18)19;1-5(11)6-2-3-7(9)8(4-6)10(12)13;1-10-8(9)6-4-2-3-5-7(6)11/h3-9H,1-2H3;3-9H,1-2H3;2-8H,1H3,(H,18,19);1-7H,8H2,(H,17,18);1-7H,(H,16,17)(H,18,19);1-7H,15H2,(H,16,17)(H,18,19);2-4H,1H3;2-5,11H,1H3. The molecule has 0 bridgehead atoms. The van der Waals surface area contributed by atoms with E-state index < -0.39 is 74.0 Å². The summed E-state index contributed by atoms with van der Waals surface area (Å²) in [6.45, 7) is 2.61. The zero-order valence-electron chi connectivity index (χ0n) is 78.7. The number of methoxy groups -OCH3 is 3. The van der Waals surface area contributed by atoms with Crippen molar-refractivity contribution in [3.8, 4) is 0 Å². The Morgan fingerprint density at radius 2 is 0.671 bits per heavy atom. The number of Topliss-reactive ketones (excluding diaryl/α,β-unsaturated/α-hetero) is 3. The summed E-state index contributed by atoms with van der Waals surface area (Å²) in [5.41, 5.74) is 11.1. The van der Waals surface area contributed by atoms with E-state index in [0.29, 0.717) is 79.8 Å². The highest BCUT2D eigenvalue weighted by Gasteiger charge is 2.31. The number of anilines is 3. The van der Waals surface area contributed by atoms with Gasteiger partial charge in [0.1, 0.15) is 0 Å². The number of nitrogens with zero attached hydrogens (tertiary/aromatic N) is 5. The quantitative estimate of drug-likeness (QED) is 0.00668. The van der Waals surface area contributed by atoms with Crippen LogP contribution in [0.1, 0.15) is 164 Å². The number of carbonyl (C=O) groups is 14. The van der Waals surface area contributed by atoms with E-state index in [4.69, 9.17) is 45.8 Å². The zero-order chi connectivity index (χ0) is 109. The molecule has 17 rings (SSSR count). The van der Waals surface area contributed by atoms with Gasteiger partial charge in [-0.15, -0.1) is 12.6 Å². The summed E-state index contributed by atoms with van der Waals surface area (Å²) < 4.78 is 26.7. The number of amides is 2. The van der Waals surface area contributed by atoms with Crippen LogP contribution in [0.25, 0.3) is 0 Å². The smallest absolute Gasteiger partial charge is 0.339 e. The molecule has 0 fully saturated rings. The maximum absolute atomic E-state index is 12.7. The topological polar surface area (TPSA) is 550 Å². The molecule has 3 heterocycles. The molecule has 8 N–H and O–H groups in total. The van der Waals surface area contributed by atoms with E-state index in [1.807, 2.05) is 78.9 Å². The molecule has 0 spiro atoms. The van der Waals surface area contributed by atoms with Gasteiger partial charge in [-0.1, -0.05) is 162 Å². The lowest BCUT2D eigenvalue weighted by molar-refractivity contribution is -0.387. The molecular formula is C106H81FN6O29S7. The van der Waals surface area contributed by atoms with Gasteiger partial charge in [-0.05, 0) is 207 Å². The van der Waals surface area contributed by atoms with Gasteiger partial charge in [-0.2, -0.15) is 4.39 Å². The average Bonchev–Trinajstić information content (AvgIpc) is 1.66. The molecule has 758 valence electrons. The molecule has 3 aliphatic heterocycles. The first kappa shape index (κ1) is 114. The molecule has 149 heavy (non-hydrogen) atoms. The van der Waals surface area contributed by atoms with Crippen LogP contribution in [0.3, 0.4) is 0 Å². The number of rotatable bonds is 20. The summed E-state index contributed by atoms with van der Waals surface area (Å²) in [7, 11) is 7.34. The Bertz CT molecular complexity index is 7670. The first-order valence-corrected chi connectivity index (χ1v) is 48.3. The molecule has 43 heteroatoms. The molecule has 0 radical (unpaired) electrons. The number of nitrogens with two attached hydrogens (primary N) is 1. The Labute approximate surface area is 876 Å². The largest absolute Gasteiger partial charge is 0.478 e. The van der Waals surface area contributed by atoms with E-state index in [9.17, 15) is 102 Å². The fourth-order valence-electron chi connectivity index (χ4n) is 13.4. The van der Waals surface area contributed by atoms with E-state index in [-0.39, 0.29) is 102 Å². The third-order valence-corrected chi connectivity index (χ3v) is 28.2. The van der Waals surface area contributed by atoms with Crippen molar-refractivity contribution in [3.63, 3.8) is 0 Å². The number of nitro groups is 3. The lowest BCUT2D eigenvalue weighted by atomic mass is 10.0. The fraction of sp³-hybridized carbons (Fsp3) is 0.0755. The molecule has 3 aliphatic rings. The van der Waals surface area contributed by atoms with Crippen LogP contribution in [0.5, 0.6) is 0 Å². The van der Waals surface area contributed by atoms with Crippen molar-refractivity contribution < 1.29 is 131 Å². The molecule has 0 saturated carbocycles. The number of nitrogen functional groups attached to an aromatic ring is 1. The van der Waals surface area contributed by atoms with Crippen molar-refractivity contribution in [2.45, 2.75) is 83.9 Å². The summed E-state index contributed by atoms with van der Waals surface area (Å²) in [5, 5.41) is 86.6. The van der Waals surface area contributed by atoms with Crippen molar-refractivity contribution in [1.29, 1.82) is 0 Å². The number of nitro benzene ring substituents is 3. The van der Waals surface area contributed by atoms with E-state index >= 15 is 0 Å². The lowest BCUT2D eigenvalue weighted by Crippen LogP contribution is -2.26. The van der Waals surface area contributed by atoms with E-state index in [0.717, 1.165) is 76.7 Å². The molecule has 14 aromatic rings. The summed E-state index contributed by atoms with van der Waals surface area (Å²) in [6, 6.07) is 78.9. The van der Waals surface area contributed by atoms with Crippen LogP contribution in [-0.2, 0) is 20.6 Å². The van der Waals surface area contributed by atoms with E-state index in [1.165, 1.54) is 160 Å². The van der Waals surface area contributed by atoms with Crippen LogP contribution in [0.15, 0.2) is 361 Å². The normalized spacial score (nSPS) is 11.3. The predicted molar refractivity (Wildman–Crippen MR) is 556 cm³/mol. The third kappa shape index (κ3) is 30.0. The number of hydrogen-bond donors (Lipinski definition) is 8. The number of fused-ring (bicyclic) bond motifs is 6. The highest BCUT2D eigenvalue weighted by Crippen LogP contribution is 2.46. The Hall–Kier alpha value is -17.4. The zero-order valence-corrected chi connectivity index (χ0v) is 84.5. The number of thiol groups is 1. The van der Waals surface area contributed by atoms with Crippen LogP contribution in [0, 0.1) is 36.2 Å². The number of ketones is 3. The van der Waals surface area contributed by atoms with Crippen LogP contribution >= 0.6 is 83.2 Å². The van der Waals surface area contributed by atoms with Crippen LogP contribution in [-0.4, -0.2) is 164 Å². The molecule has 0 unspecified atom stereocenters. The molecule has 0 aromatic heterocycles. The highest BCUT2D eigenvalue weighted by atomic mass is 32.2. The van der Waals surface area contributed by atoms with Gasteiger partial charge in [0.15, 0.2) is 17.3 Å². The van der Waals surface area contributed by atoms with Crippen molar-refractivity contribution in [1.82, 2.24) is 0 Å². The van der Waals surface area contributed by atoms with Gasteiger partial charge in [0.2, 0.25) is 5.82 Å². The molecule has 14 aromatic carbocycles. The van der Waals surface area contributed by atoms with Gasteiger partial charge in [-0.3, -0.25) is 54.3 Å². The molecule has 35 nitrogen and oxygen atoms in total. The summed E-state index contributed by atoms with van der Waals surface area (Å²) in [4.78, 5) is 202. The second-order valence-electron chi connectivity index (χ2n) is 30.6. The lowest BCUT2D eigenvalue weighted by Gasteiger charge is -2.17. The second-order valence-corrected chi connectivity index (χ2v) is 37.6. The first-order valence-electron chi connectivity index (χ1n) is 42.9. The molecule has 0 atom stereocenters. The minimum Gasteiger partial charge on any atom is -0.478 e. The third-order valence-electron chi connectivity index (χ3n) is 20.9. The van der Waals surface area contributed by atoms with Crippen molar-refractivity contribution in [2.24, 2.45) is 0 Å². The number of ether oxygens (including phenoxy) is 3. The number of esters is 3. The molecule has 2 amide bonds. The van der Waals surface area contributed by atoms with Crippen LogP contribution < -0.4 is 15.5 Å². The van der Waals surface area contributed by atoms with Gasteiger partial charge < -0.3 is 60.4 Å². The highest BCUT2D eigenvalue weighted by molar-refractivity contribution is 8.01. The fourth-order valence-corrected chi connectivity index (χ4v) is 19.9. The minimum atomic E-state index is -1.27. The Balaban J connectivity index is 0.000000175. The van der Waals surface area contributed by atoms with Gasteiger partial charge in [0.25, 0.3) is 23.2 Å². The minimum absolute atomic E-state index is 0.0177. The number of hydrogen-bond acceptors (Lipinski definition) is 31. The van der Waals surface area contributed by atoms with Crippen LogP contribution in [0.4, 0.5) is 38.5 Å². The van der Waals surface area contributed by atoms with E-state index in [1.54, 1.807) is 146 Å². The molecular weight excluding hydrogens is 2060 g/mol. The van der Waals surface area contributed by atoms with Gasteiger partial charge in [-0.25, -0.2) is 43.2 Å². The maximum atomic E-state index is 12.7. The number of halogens is 1. The van der Waals surface area contributed by atoms with Gasteiger partial charge >= 0.3 is 59.4 Å². The molecule has 0 aliphatic carbocycles. The van der Waals surface area contributed by atoms with Crippen molar-refractivity contribution >= 4 is 200 Å². The molecule has 0 saturated heterocycles. The van der Waals surface area contributed by atoms with Crippen molar-refractivity contribution in [3.05, 3.63) is 417 Å². The number of carboxylic acid groups (broad SMARTS) is 6. The Morgan fingerprint density at radius 3 is 1.11 bits per heavy atom. The number of benzene rings is 14. The summed E-state index contributed by atoms with van der Waals surface area (Å²) >= 11 is 11.8. The summed E-state index contributed by atoms with van der Waals surface area (Å²) in [5.74, 6) is -9.44. The monoisotopic (exact) mass is 2140 g/mol. The SMILES string of the molecule is CC(=O)c1ccc(F)c([N+](=O)[O-])c1.CN1C(=O)c2ccccc2Sc2ccc(C(=O)O)cc21.COC(=O)c1ccc2c(c1)N(C)C(=O)c1ccccc1S2.COC(=O)c1ccccc1S.COC(=O)c1ccccc1Sc1ccc(C(C)=O)cc1[N+](=O)[O-].Nc1cc(C(=O)O)ccc1Sc1ccccc1C(=O)O.O=C(O)c1ccc(Sc2ccccc2C(=O)O)c([N+](=O)[O-])c1.O=C(O)c1ccc2c(c1)CC(=O)c1ccccc1S2. The van der Waals surface area contributed by atoms with E-state index in [2.05, 4.69) is 17.4 Å². The second kappa shape index (κ2) is 52.9.